The van der Waals surface area contributed by atoms with Gasteiger partial charge in [0.2, 0.25) is 0 Å². The van der Waals surface area contributed by atoms with E-state index < -0.39 is 0 Å². The zero-order valence-electron chi connectivity index (χ0n) is 11.0. The molecule has 1 aliphatic heterocycles. The van der Waals surface area contributed by atoms with Crippen molar-refractivity contribution < 1.29 is 9.53 Å². The Labute approximate surface area is 116 Å². The Hall–Kier alpha value is -0.870. The molecule has 1 fully saturated rings. The SMILES string of the molecule is Cc1c(Br)cccc1C(=O)N1CCOCC1(C)C. The van der Waals surface area contributed by atoms with Crippen molar-refractivity contribution >= 4 is 21.8 Å². The summed E-state index contributed by atoms with van der Waals surface area (Å²) in [5.41, 5.74) is 1.51. The van der Waals surface area contributed by atoms with Gasteiger partial charge in [-0.15, -0.1) is 0 Å². The van der Waals surface area contributed by atoms with E-state index >= 15 is 0 Å². The lowest BCUT2D eigenvalue weighted by Crippen LogP contribution is -2.55. The van der Waals surface area contributed by atoms with Crippen LogP contribution < -0.4 is 0 Å². The summed E-state index contributed by atoms with van der Waals surface area (Å²) in [4.78, 5) is 14.5. The lowest BCUT2D eigenvalue weighted by Gasteiger charge is -2.42. The largest absolute Gasteiger partial charge is 0.377 e. The Morgan fingerprint density at radius 3 is 2.83 bits per heavy atom. The van der Waals surface area contributed by atoms with Crippen molar-refractivity contribution in [3.63, 3.8) is 0 Å². The van der Waals surface area contributed by atoms with Gasteiger partial charge in [-0.05, 0) is 38.5 Å². The third-order valence-corrected chi connectivity index (χ3v) is 4.25. The van der Waals surface area contributed by atoms with E-state index in [1.54, 1.807) is 0 Å². The summed E-state index contributed by atoms with van der Waals surface area (Å²) in [6.45, 7) is 7.89. The number of hydrogen-bond donors (Lipinski definition) is 0. The Kier molecular flexibility index (Phi) is 3.78. The van der Waals surface area contributed by atoms with Gasteiger partial charge < -0.3 is 9.64 Å². The normalized spacial score (nSPS) is 18.8. The summed E-state index contributed by atoms with van der Waals surface area (Å²) in [5, 5.41) is 0. The van der Waals surface area contributed by atoms with E-state index in [-0.39, 0.29) is 11.4 Å². The highest BCUT2D eigenvalue weighted by Gasteiger charge is 2.35. The van der Waals surface area contributed by atoms with E-state index in [4.69, 9.17) is 4.74 Å². The molecule has 0 aromatic heterocycles. The van der Waals surface area contributed by atoms with Crippen molar-refractivity contribution in [3.8, 4) is 0 Å². The van der Waals surface area contributed by atoms with Gasteiger partial charge in [0.05, 0.1) is 18.8 Å². The smallest absolute Gasteiger partial charge is 0.254 e. The lowest BCUT2D eigenvalue weighted by atomic mass is 9.99. The molecular weight excluding hydrogens is 294 g/mol. The number of morpholine rings is 1. The maximum atomic E-state index is 12.6. The molecule has 1 saturated heterocycles. The Morgan fingerprint density at radius 2 is 2.17 bits per heavy atom. The highest BCUT2D eigenvalue weighted by atomic mass is 79.9. The fourth-order valence-electron chi connectivity index (χ4n) is 2.22. The zero-order valence-corrected chi connectivity index (χ0v) is 12.6. The van der Waals surface area contributed by atoms with E-state index in [2.05, 4.69) is 15.9 Å². The van der Waals surface area contributed by atoms with Gasteiger partial charge in [0.1, 0.15) is 0 Å². The molecule has 2 rings (SSSR count). The van der Waals surface area contributed by atoms with Gasteiger partial charge in [0.15, 0.2) is 0 Å². The number of halogens is 1. The standard InChI is InChI=1S/C14H18BrNO2/c1-10-11(5-4-6-12(10)15)13(17)16-7-8-18-9-14(16,2)3/h4-6H,7-9H2,1-3H3. The predicted molar refractivity (Wildman–Crippen MR) is 74.8 cm³/mol. The Bertz CT molecular complexity index is 471. The van der Waals surface area contributed by atoms with Crippen molar-refractivity contribution in [2.75, 3.05) is 19.8 Å². The first kappa shape index (κ1) is 13.6. The molecule has 0 saturated carbocycles. The highest BCUT2D eigenvalue weighted by Crippen LogP contribution is 2.25. The molecule has 0 bridgehead atoms. The lowest BCUT2D eigenvalue weighted by molar-refractivity contribution is -0.0371. The third-order valence-electron chi connectivity index (χ3n) is 3.39. The van der Waals surface area contributed by atoms with Crippen LogP contribution in [0.25, 0.3) is 0 Å². The van der Waals surface area contributed by atoms with E-state index in [1.807, 2.05) is 43.9 Å². The van der Waals surface area contributed by atoms with Crippen LogP contribution in [0, 0.1) is 6.92 Å². The second-order valence-corrected chi connectivity index (χ2v) is 6.09. The van der Waals surface area contributed by atoms with Crippen LogP contribution in [-0.4, -0.2) is 36.1 Å². The van der Waals surface area contributed by atoms with Crippen LogP contribution in [0.2, 0.25) is 0 Å². The second-order valence-electron chi connectivity index (χ2n) is 5.23. The minimum Gasteiger partial charge on any atom is -0.377 e. The maximum absolute atomic E-state index is 12.6. The van der Waals surface area contributed by atoms with Crippen LogP contribution in [0.5, 0.6) is 0 Å². The Balaban J connectivity index is 2.33. The molecular formula is C14H18BrNO2. The molecule has 1 amide bonds. The monoisotopic (exact) mass is 311 g/mol. The fourth-order valence-corrected chi connectivity index (χ4v) is 2.59. The molecule has 0 spiro atoms. The predicted octanol–water partition coefficient (Wildman–Crippen LogP) is 3.01. The van der Waals surface area contributed by atoms with Crippen LogP contribution in [-0.2, 0) is 4.74 Å². The molecule has 0 atom stereocenters. The van der Waals surface area contributed by atoms with Gasteiger partial charge in [-0.25, -0.2) is 0 Å². The van der Waals surface area contributed by atoms with E-state index in [0.29, 0.717) is 19.8 Å². The average Bonchev–Trinajstić information content (AvgIpc) is 2.31. The Morgan fingerprint density at radius 1 is 1.44 bits per heavy atom. The molecule has 1 aromatic carbocycles. The van der Waals surface area contributed by atoms with Crippen LogP contribution in [0.1, 0.15) is 29.8 Å². The van der Waals surface area contributed by atoms with Crippen molar-refractivity contribution in [1.82, 2.24) is 4.90 Å². The summed E-state index contributed by atoms with van der Waals surface area (Å²) >= 11 is 3.47. The summed E-state index contributed by atoms with van der Waals surface area (Å²) in [7, 11) is 0. The van der Waals surface area contributed by atoms with Crippen LogP contribution in [0.3, 0.4) is 0 Å². The third kappa shape index (κ3) is 2.45. The minimum absolute atomic E-state index is 0.0853. The molecule has 98 valence electrons. The average molecular weight is 312 g/mol. The summed E-state index contributed by atoms with van der Waals surface area (Å²) in [5.74, 6) is 0.0853. The van der Waals surface area contributed by atoms with Gasteiger partial charge in [-0.1, -0.05) is 22.0 Å². The number of ether oxygens (including phenoxy) is 1. The van der Waals surface area contributed by atoms with Crippen molar-refractivity contribution in [3.05, 3.63) is 33.8 Å². The van der Waals surface area contributed by atoms with Crippen molar-refractivity contribution in [2.24, 2.45) is 0 Å². The van der Waals surface area contributed by atoms with Crippen LogP contribution in [0.15, 0.2) is 22.7 Å². The molecule has 0 unspecified atom stereocenters. The van der Waals surface area contributed by atoms with Crippen molar-refractivity contribution in [1.29, 1.82) is 0 Å². The van der Waals surface area contributed by atoms with E-state index in [1.165, 1.54) is 0 Å². The first-order valence-electron chi connectivity index (χ1n) is 6.08. The molecule has 4 heteroatoms. The molecule has 3 nitrogen and oxygen atoms in total. The molecule has 0 N–H and O–H groups in total. The number of carbonyl (C=O) groups excluding carboxylic acids is 1. The first-order chi connectivity index (χ1) is 8.43. The topological polar surface area (TPSA) is 29.5 Å². The maximum Gasteiger partial charge on any atom is 0.254 e. The number of hydrogen-bond acceptors (Lipinski definition) is 2. The summed E-state index contributed by atoms with van der Waals surface area (Å²) < 4.78 is 6.42. The fraction of sp³-hybridized carbons (Fsp3) is 0.500. The van der Waals surface area contributed by atoms with Gasteiger partial charge in [0.25, 0.3) is 5.91 Å². The summed E-state index contributed by atoms with van der Waals surface area (Å²) in [6, 6.07) is 5.74. The number of amides is 1. The van der Waals surface area contributed by atoms with E-state index in [0.717, 1.165) is 15.6 Å². The number of benzene rings is 1. The molecule has 1 aromatic rings. The quantitative estimate of drug-likeness (QED) is 0.798. The molecule has 18 heavy (non-hydrogen) atoms. The van der Waals surface area contributed by atoms with Gasteiger partial charge in [-0.2, -0.15) is 0 Å². The van der Waals surface area contributed by atoms with Crippen LogP contribution in [0.4, 0.5) is 0 Å². The van der Waals surface area contributed by atoms with Crippen molar-refractivity contribution in [2.45, 2.75) is 26.3 Å². The number of carbonyl (C=O) groups is 1. The van der Waals surface area contributed by atoms with Gasteiger partial charge in [-0.3, -0.25) is 4.79 Å². The number of rotatable bonds is 1. The zero-order chi connectivity index (χ0) is 13.3. The second kappa shape index (κ2) is 5.02. The molecule has 0 aliphatic carbocycles. The van der Waals surface area contributed by atoms with Gasteiger partial charge >= 0.3 is 0 Å². The molecule has 0 radical (unpaired) electrons. The van der Waals surface area contributed by atoms with E-state index in [9.17, 15) is 4.79 Å². The van der Waals surface area contributed by atoms with Gasteiger partial charge in [0, 0.05) is 16.6 Å². The van der Waals surface area contributed by atoms with Crippen LogP contribution >= 0.6 is 15.9 Å². The first-order valence-corrected chi connectivity index (χ1v) is 6.87. The highest BCUT2D eigenvalue weighted by molar-refractivity contribution is 9.10. The molecule has 1 aliphatic rings. The number of nitrogens with zero attached hydrogens (tertiary/aromatic N) is 1. The minimum atomic E-state index is -0.246. The summed E-state index contributed by atoms with van der Waals surface area (Å²) in [6.07, 6.45) is 0. The molecule has 1 heterocycles.